The molecule has 0 fully saturated rings. The summed E-state index contributed by atoms with van der Waals surface area (Å²) in [5, 5.41) is 14.3. The summed E-state index contributed by atoms with van der Waals surface area (Å²) >= 11 is 0. The predicted molar refractivity (Wildman–Crippen MR) is 87.1 cm³/mol. The quantitative estimate of drug-likeness (QED) is 0.704. The summed E-state index contributed by atoms with van der Waals surface area (Å²) in [6.45, 7) is 1.47. The third-order valence-electron chi connectivity index (χ3n) is 3.41. The van der Waals surface area contributed by atoms with Gasteiger partial charge in [0.05, 0.1) is 0 Å². The minimum atomic E-state index is 0.667. The van der Waals surface area contributed by atoms with Crippen LogP contribution >= 0.6 is 0 Å². The zero-order valence-corrected chi connectivity index (χ0v) is 11.8. The Labute approximate surface area is 124 Å². The molecule has 4 heteroatoms. The molecule has 0 aliphatic heterocycles. The van der Waals surface area contributed by atoms with Gasteiger partial charge in [0.1, 0.15) is 5.69 Å². The van der Waals surface area contributed by atoms with Crippen molar-refractivity contribution in [3.8, 4) is 11.3 Å². The van der Waals surface area contributed by atoms with Crippen molar-refractivity contribution in [3.05, 3.63) is 54.6 Å². The van der Waals surface area contributed by atoms with Gasteiger partial charge >= 0.3 is 0 Å². The van der Waals surface area contributed by atoms with Crippen molar-refractivity contribution in [1.29, 1.82) is 0 Å². The first-order valence-electron chi connectivity index (χ1n) is 7.15. The Hall–Kier alpha value is -2.46. The third kappa shape index (κ3) is 2.85. The van der Waals surface area contributed by atoms with Crippen LogP contribution < -0.4 is 11.1 Å². The number of nitrogens with one attached hydrogen (secondary N) is 1. The van der Waals surface area contributed by atoms with E-state index in [9.17, 15) is 0 Å². The normalized spacial score (nSPS) is 10.7. The molecule has 0 atom stereocenters. The monoisotopic (exact) mass is 278 g/mol. The molecule has 106 valence electrons. The highest BCUT2D eigenvalue weighted by molar-refractivity contribution is 5.99. The van der Waals surface area contributed by atoms with E-state index in [1.165, 1.54) is 0 Å². The van der Waals surface area contributed by atoms with Crippen molar-refractivity contribution in [3.63, 3.8) is 0 Å². The Morgan fingerprint density at radius 3 is 2.33 bits per heavy atom. The summed E-state index contributed by atoms with van der Waals surface area (Å²) in [6.07, 6.45) is 0.913. The highest BCUT2D eigenvalue weighted by Crippen LogP contribution is 2.29. The maximum absolute atomic E-state index is 5.53. The second-order valence-electron chi connectivity index (χ2n) is 4.88. The van der Waals surface area contributed by atoms with E-state index in [1.807, 2.05) is 30.3 Å². The molecule has 0 spiro atoms. The van der Waals surface area contributed by atoms with Crippen molar-refractivity contribution in [2.24, 2.45) is 5.73 Å². The molecule has 0 saturated carbocycles. The van der Waals surface area contributed by atoms with Gasteiger partial charge in [0.2, 0.25) is 0 Å². The lowest BCUT2D eigenvalue weighted by atomic mass is 10.0. The molecule has 2 aromatic carbocycles. The van der Waals surface area contributed by atoms with Gasteiger partial charge in [0, 0.05) is 22.9 Å². The lowest BCUT2D eigenvalue weighted by Gasteiger charge is -2.10. The average Bonchev–Trinajstić information content (AvgIpc) is 2.56. The number of hydrogen-bond donors (Lipinski definition) is 2. The minimum Gasteiger partial charge on any atom is -0.368 e. The highest BCUT2D eigenvalue weighted by atomic mass is 15.2. The van der Waals surface area contributed by atoms with Gasteiger partial charge in [-0.05, 0) is 13.0 Å². The van der Waals surface area contributed by atoms with Crippen LogP contribution in [0.15, 0.2) is 54.6 Å². The van der Waals surface area contributed by atoms with E-state index in [0.717, 1.165) is 40.8 Å². The zero-order valence-electron chi connectivity index (χ0n) is 11.8. The SMILES string of the molecule is NCCCNc1nnc(-c2ccccc2)c2ccccc12. The van der Waals surface area contributed by atoms with Crippen LogP contribution in [0.5, 0.6) is 0 Å². The summed E-state index contributed by atoms with van der Waals surface area (Å²) in [6, 6.07) is 18.3. The molecule has 0 amide bonds. The van der Waals surface area contributed by atoms with Gasteiger partial charge in [0.15, 0.2) is 5.82 Å². The lowest BCUT2D eigenvalue weighted by molar-refractivity contribution is 0.866. The molecule has 21 heavy (non-hydrogen) atoms. The summed E-state index contributed by atoms with van der Waals surface area (Å²) in [5.74, 6) is 0.818. The third-order valence-corrected chi connectivity index (χ3v) is 3.41. The molecule has 0 bridgehead atoms. The molecule has 1 aromatic heterocycles. The Balaban J connectivity index is 2.07. The van der Waals surface area contributed by atoms with E-state index in [-0.39, 0.29) is 0 Å². The maximum Gasteiger partial charge on any atom is 0.156 e. The van der Waals surface area contributed by atoms with Crippen LogP contribution in [-0.2, 0) is 0 Å². The lowest BCUT2D eigenvalue weighted by Crippen LogP contribution is -2.10. The van der Waals surface area contributed by atoms with E-state index < -0.39 is 0 Å². The van der Waals surface area contributed by atoms with E-state index in [2.05, 4.69) is 39.8 Å². The van der Waals surface area contributed by atoms with Gasteiger partial charge in [-0.1, -0.05) is 54.6 Å². The molecule has 0 radical (unpaired) electrons. The second-order valence-corrected chi connectivity index (χ2v) is 4.88. The van der Waals surface area contributed by atoms with E-state index in [0.29, 0.717) is 6.54 Å². The Morgan fingerprint density at radius 2 is 1.57 bits per heavy atom. The molecule has 4 nitrogen and oxygen atoms in total. The fourth-order valence-corrected chi connectivity index (χ4v) is 2.35. The van der Waals surface area contributed by atoms with Crippen molar-refractivity contribution >= 4 is 16.6 Å². The molecular weight excluding hydrogens is 260 g/mol. The maximum atomic E-state index is 5.53. The van der Waals surface area contributed by atoms with Crippen LogP contribution in [0.1, 0.15) is 6.42 Å². The van der Waals surface area contributed by atoms with Gasteiger partial charge < -0.3 is 11.1 Å². The molecule has 0 aliphatic carbocycles. The van der Waals surface area contributed by atoms with Crippen LogP contribution in [0.2, 0.25) is 0 Å². The van der Waals surface area contributed by atoms with E-state index in [1.54, 1.807) is 0 Å². The smallest absolute Gasteiger partial charge is 0.156 e. The van der Waals surface area contributed by atoms with E-state index >= 15 is 0 Å². The largest absolute Gasteiger partial charge is 0.368 e. The second kappa shape index (κ2) is 6.33. The van der Waals surface area contributed by atoms with Crippen LogP contribution in [0.25, 0.3) is 22.0 Å². The Bertz CT molecular complexity index is 725. The topological polar surface area (TPSA) is 63.8 Å². The molecule has 3 aromatic rings. The van der Waals surface area contributed by atoms with Gasteiger partial charge in [0.25, 0.3) is 0 Å². The first-order chi connectivity index (χ1) is 10.4. The number of rotatable bonds is 5. The van der Waals surface area contributed by atoms with Crippen molar-refractivity contribution in [2.45, 2.75) is 6.42 Å². The van der Waals surface area contributed by atoms with Crippen LogP contribution in [0.3, 0.4) is 0 Å². The first kappa shape index (κ1) is 13.5. The summed E-state index contributed by atoms with van der Waals surface area (Å²) in [7, 11) is 0. The molecule has 0 aliphatic rings. The standard InChI is InChI=1S/C17H18N4/c18-11-6-12-19-17-15-10-5-4-9-14(15)16(20-21-17)13-7-2-1-3-8-13/h1-5,7-10H,6,11-12,18H2,(H,19,21). The van der Waals surface area contributed by atoms with Crippen LogP contribution in [-0.4, -0.2) is 23.3 Å². The average molecular weight is 278 g/mol. The Morgan fingerprint density at radius 1 is 0.857 bits per heavy atom. The first-order valence-corrected chi connectivity index (χ1v) is 7.15. The Kier molecular flexibility index (Phi) is 4.07. The number of benzene rings is 2. The van der Waals surface area contributed by atoms with Gasteiger partial charge in [-0.15, -0.1) is 10.2 Å². The summed E-state index contributed by atoms with van der Waals surface area (Å²) < 4.78 is 0. The summed E-state index contributed by atoms with van der Waals surface area (Å²) in [4.78, 5) is 0. The molecule has 3 rings (SSSR count). The molecule has 0 saturated heterocycles. The van der Waals surface area contributed by atoms with Crippen molar-refractivity contribution < 1.29 is 0 Å². The summed E-state index contributed by atoms with van der Waals surface area (Å²) in [5.41, 5.74) is 7.52. The number of nitrogens with two attached hydrogens (primary N) is 1. The molecule has 1 heterocycles. The number of fused-ring (bicyclic) bond motifs is 1. The fourth-order valence-electron chi connectivity index (χ4n) is 2.35. The molecular formula is C17H18N4. The number of nitrogens with zero attached hydrogens (tertiary/aromatic N) is 2. The van der Waals surface area contributed by atoms with Crippen LogP contribution in [0, 0.1) is 0 Å². The van der Waals surface area contributed by atoms with Gasteiger partial charge in [-0.3, -0.25) is 0 Å². The predicted octanol–water partition coefficient (Wildman–Crippen LogP) is 3.06. The fraction of sp³-hybridized carbons (Fsp3) is 0.176. The molecule has 3 N–H and O–H groups in total. The van der Waals surface area contributed by atoms with Crippen molar-refractivity contribution in [1.82, 2.24) is 10.2 Å². The van der Waals surface area contributed by atoms with Crippen LogP contribution in [0.4, 0.5) is 5.82 Å². The molecule has 0 unspecified atom stereocenters. The minimum absolute atomic E-state index is 0.667. The number of anilines is 1. The van der Waals surface area contributed by atoms with Gasteiger partial charge in [-0.2, -0.15) is 0 Å². The van der Waals surface area contributed by atoms with Gasteiger partial charge in [-0.25, -0.2) is 0 Å². The number of aromatic nitrogens is 2. The van der Waals surface area contributed by atoms with E-state index in [4.69, 9.17) is 5.73 Å². The number of hydrogen-bond acceptors (Lipinski definition) is 4. The highest BCUT2D eigenvalue weighted by Gasteiger charge is 2.09. The van der Waals surface area contributed by atoms with Crippen molar-refractivity contribution in [2.75, 3.05) is 18.4 Å². The zero-order chi connectivity index (χ0) is 14.5.